The molecule has 1 aliphatic carbocycles. The lowest BCUT2D eigenvalue weighted by Gasteiger charge is -2.42. The molecule has 142 valence electrons. The van der Waals surface area contributed by atoms with Gasteiger partial charge in [-0.15, -0.1) is 24.0 Å². The van der Waals surface area contributed by atoms with Crippen LogP contribution in [0.4, 0.5) is 4.39 Å². The number of benzene rings is 1. The lowest BCUT2D eigenvalue weighted by atomic mass is 9.67. The molecule has 25 heavy (non-hydrogen) atoms. The summed E-state index contributed by atoms with van der Waals surface area (Å²) < 4.78 is 18.6. The molecule has 0 saturated heterocycles. The predicted molar refractivity (Wildman–Crippen MR) is 112 cm³/mol. The SMILES string of the molecule is CCNC(=NCc1ccc(F)c(C)c1)NCC1(CCOC)CCC1.I. The Balaban J connectivity index is 0.00000312. The molecule has 6 heteroatoms. The molecule has 2 rings (SSSR count). The summed E-state index contributed by atoms with van der Waals surface area (Å²) in [4.78, 5) is 4.64. The Morgan fingerprint density at radius 3 is 2.64 bits per heavy atom. The van der Waals surface area contributed by atoms with Crippen LogP contribution in [0.1, 0.15) is 43.7 Å². The summed E-state index contributed by atoms with van der Waals surface area (Å²) in [6.45, 7) is 6.93. The van der Waals surface area contributed by atoms with Gasteiger partial charge in [-0.05, 0) is 55.7 Å². The van der Waals surface area contributed by atoms with Crippen molar-refractivity contribution in [3.8, 4) is 0 Å². The van der Waals surface area contributed by atoms with Crippen LogP contribution >= 0.6 is 24.0 Å². The number of guanidine groups is 1. The molecule has 0 aliphatic heterocycles. The number of nitrogens with one attached hydrogen (secondary N) is 2. The molecule has 0 radical (unpaired) electrons. The first-order chi connectivity index (χ1) is 11.6. The van der Waals surface area contributed by atoms with Crippen LogP contribution < -0.4 is 10.6 Å². The van der Waals surface area contributed by atoms with E-state index in [1.54, 1.807) is 20.1 Å². The Kier molecular flexibility index (Phi) is 9.71. The van der Waals surface area contributed by atoms with E-state index in [0.717, 1.165) is 37.6 Å². The third-order valence-electron chi connectivity index (χ3n) is 4.87. The second-order valence-electron chi connectivity index (χ2n) is 6.73. The zero-order valence-corrected chi connectivity index (χ0v) is 17.9. The maximum absolute atomic E-state index is 13.3. The molecule has 1 fully saturated rings. The first kappa shape index (κ1) is 22.2. The van der Waals surface area contributed by atoms with Crippen LogP contribution in [0.3, 0.4) is 0 Å². The van der Waals surface area contributed by atoms with Crippen molar-refractivity contribution in [3.63, 3.8) is 0 Å². The van der Waals surface area contributed by atoms with Crippen LogP contribution in [0, 0.1) is 18.2 Å². The van der Waals surface area contributed by atoms with Crippen molar-refractivity contribution in [3.05, 3.63) is 35.1 Å². The van der Waals surface area contributed by atoms with Crippen molar-refractivity contribution >= 4 is 29.9 Å². The summed E-state index contributed by atoms with van der Waals surface area (Å²) in [5.74, 6) is 0.654. The number of nitrogens with zero attached hydrogens (tertiary/aromatic N) is 1. The Labute approximate surface area is 168 Å². The van der Waals surface area contributed by atoms with Gasteiger partial charge in [-0.1, -0.05) is 18.6 Å². The van der Waals surface area contributed by atoms with E-state index < -0.39 is 0 Å². The number of hydrogen-bond donors (Lipinski definition) is 2. The van der Waals surface area contributed by atoms with Crippen molar-refractivity contribution in [2.24, 2.45) is 10.4 Å². The Morgan fingerprint density at radius 1 is 1.32 bits per heavy atom. The van der Waals surface area contributed by atoms with Gasteiger partial charge < -0.3 is 15.4 Å². The van der Waals surface area contributed by atoms with E-state index in [1.807, 2.05) is 6.07 Å². The predicted octanol–water partition coefficient (Wildman–Crippen LogP) is 4.01. The molecule has 0 unspecified atom stereocenters. The Bertz CT molecular complexity index is 562. The van der Waals surface area contributed by atoms with E-state index in [0.29, 0.717) is 17.5 Å². The molecule has 4 nitrogen and oxygen atoms in total. The van der Waals surface area contributed by atoms with Crippen molar-refractivity contribution < 1.29 is 9.13 Å². The molecule has 0 amide bonds. The molecular formula is C19H31FIN3O. The van der Waals surface area contributed by atoms with Crippen molar-refractivity contribution in [1.82, 2.24) is 10.6 Å². The number of aliphatic imine (C=N–C) groups is 1. The van der Waals surface area contributed by atoms with E-state index in [4.69, 9.17) is 4.74 Å². The number of halogens is 2. The average Bonchev–Trinajstić information content (AvgIpc) is 2.54. The second kappa shape index (κ2) is 11.0. The highest BCUT2D eigenvalue weighted by atomic mass is 127. The third kappa shape index (κ3) is 6.73. The van der Waals surface area contributed by atoms with Gasteiger partial charge in [-0.2, -0.15) is 0 Å². The van der Waals surface area contributed by atoms with E-state index in [2.05, 4.69) is 22.5 Å². The standard InChI is InChI=1S/C19H30FN3O.HI/c1-4-21-18(22-13-16-6-7-17(20)15(2)12-16)23-14-19(8-5-9-19)10-11-24-3;/h6-7,12H,4-5,8-11,13-14H2,1-3H3,(H2,21,22,23);1H. The van der Waals surface area contributed by atoms with Gasteiger partial charge in [-0.25, -0.2) is 9.38 Å². The molecule has 1 saturated carbocycles. The second-order valence-corrected chi connectivity index (χ2v) is 6.73. The molecule has 1 aliphatic rings. The maximum Gasteiger partial charge on any atom is 0.191 e. The minimum Gasteiger partial charge on any atom is -0.385 e. The first-order valence-electron chi connectivity index (χ1n) is 8.85. The Morgan fingerprint density at radius 2 is 2.08 bits per heavy atom. The molecule has 1 aromatic rings. The van der Waals surface area contributed by atoms with Crippen molar-refractivity contribution in [2.45, 2.75) is 46.1 Å². The summed E-state index contributed by atoms with van der Waals surface area (Å²) in [6, 6.07) is 5.16. The lowest BCUT2D eigenvalue weighted by Crippen LogP contribution is -2.46. The summed E-state index contributed by atoms with van der Waals surface area (Å²) in [6.07, 6.45) is 4.89. The average molecular weight is 463 g/mol. The minimum atomic E-state index is -0.169. The number of methoxy groups -OCH3 is 1. The molecule has 0 bridgehead atoms. The smallest absolute Gasteiger partial charge is 0.191 e. The monoisotopic (exact) mass is 463 g/mol. The fraction of sp³-hybridized carbons (Fsp3) is 0.632. The van der Waals surface area contributed by atoms with E-state index in [1.165, 1.54) is 25.3 Å². The lowest BCUT2D eigenvalue weighted by molar-refractivity contribution is 0.0732. The third-order valence-corrected chi connectivity index (χ3v) is 4.87. The quantitative estimate of drug-likeness (QED) is 0.348. The van der Waals surface area contributed by atoms with Gasteiger partial charge >= 0.3 is 0 Å². The zero-order valence-electron chi connectivity index (χ0n) is 15.5. The van der Waals surface area contributed by atoms with E-state index in [9.17, 15) is 4.39 Å². The van der Waals surface area contributed by atoms with Crippen LogP contribution in [-0.4, -0.2) is 32.8 Å². The summed E-state index contributed by atoms with van der Waals surface area (Å²) in [5, 5.41) is 6.77. The molecule has 0 heterocycles. The molecular weight excluding hydrogens is 432 g/mol. The number of rotatable bonds is 8. The fourth-order valence-electron chi connectivity index (χ4n) is 3.10. The van der Waals surface area contributed by atoms with Gasteiger partial charge in [0.15, 0.2) is 5.96 Å². The molecule has 0 spiro atoms. The van der Waals surface area contributed by atoms with E-state index in [-0.39, 0.29) is 29.8 Å². The zero-order chi connectivity index (χ0) is 17.4. The molecule has 0 aromatic heterocycles. The van der Waals surface area contributed by atoms with Gasteiger partial charge in [0.05, 0.1) is 6.54 Å². The van der Waals surface area contributed by atoms with Crippen LogP contribution in [0.15, 0.2) is 23.2 Å². The van der Waals surface area contributed by atoms with Crippen LogP contribution in [0.25, 0.3) is 0 Å². The normalized spacial score (nSPS) is 15.9. The topological polar surface area (TPSA) is 45.7 Å². The summed E-state index contributed by atoms with van der Waals surface area (Å²) in [7, 11) is 1.76. The number of ether oxygens (including phenoxy) is 1. The molecule has 0 atom stereocenters. The van der Waals surface area contributed by atoms with Gasteiger partial charge in [0, 0.05) is 26.8 Å². The largest absolute Gasteiger partial charge is 0.385 e. The van der Waals surface area contributed by atoms with Crippen LogP contribution in [-0.2, 0) is 11.3 Å². The van der Waals surface area contributed by atoms with Crippen molar-refractivity contribution in [1.29, 1.82) is 0 Å². The van der Waals surface area contributed by atoms with Gasteiger partial charge in [-0.3, -0.25) is 0 Å². The van der Waals surface area contributed by atoms with Gasteiger partial charge in [0.1, 0.15) is 5.82 Å². The highest BCUT2D eigenvalue weighted by Crippen LogP contribution is 2.43. The van der Waals surface area contributed by atoms with Crippen LogP contribution in [0.5, 0.6) is 0 Å². The van der Waals surface area contributed by atoms with Gasteiger partial charge in [0.25, 0.3) is 0 Å². The number of aryl methyl sites for hydroxylation is 1. The van der Waals surface area contributed by atoms with Crippen LogP contribution in [0.2, 0.25) is 0 Å². The highest BCUT2D eigenvalue weighted by molar-refractivity contribution is 14.0. The minimum absolute atomic E-state index is 0. The van der Waals surface area contributed by atoms with Crippen molar-refractivity contribution in [2.75, 3.05) is 26.8 Å². The maximum atomic E-state index is 13.3. The first-order valence-corrected chi connectivity index (χ1v) is 8.85. The molecule has 1 aromatic carbocycles. The van der Waals surface area contributed by atoms with E-state index >= 15 is 0 Å². The van der Waals surface area contributed by atoms with Gasteiger partial charge in [0.2, 0.25) is 0 Å². The highest BCUT2D eigenvalue weighted by Gasteiger charge is 2.36. The summed E-state index contributed by atoms with van der Waals surface area (Å²) in [5.41, 5.74) is 2.02. The fourth-order valence-corrected chi connectivity index (χ4v) is 3.10. The summed E-state index contributed by atoms with van der Waals surface area (Å²) >= 11 is 0. The molecule has 2 N–H and O–H groups in total. The Hall–Kier alpha value is -0.890. The number of hydrogen-bond acceptors (Lipinski definition) is 2.